The summed E-state index contributed by atoms with van der Waals surface area (Å²) in [5.41, 5.74) is 9.69. The quantitative estimate of drug-likeness (QED) is 0.515. The van der Waals surface area contributed by atoms with Crippen LogP contribution in [0.4, 0.5) is 0 Å². The van der Waals surface area contributed by atoms with Gasteiger partial charge in [0.15, 0.2) is 0 Å². The van der Waals surface area contributed by atoms with Gasteiger partial charge >= 0.3 is 0 Å². The smallest absolute Gasteiger partial charge is 0.250 e. The first kappa shape index (κ1) is 13.9. The normalized spacial score (nSPS) is 13.3. The minimum absolute atomic E-state index is 0.0692. The summed E-state index contributed by atoms with van der Waals surface area (Å²) in [7, 11) is 1.40. The number of hydrogen-bond acceptors (Lipinski definition) is 4. The van der Waals surface area contributed by atoms with Crippen molar-refractivity contribution < 1.29 is 14.3 Å². The molecule has 0 rings (SSSR count). The van der Waals surface area contributed by atoms with Gasteiger partial charge in [0.1, 0.15) is 6.10 Å². The number of carbonyl (C=O) groups is 2. The van der Waals surface area contributed by atoms with Crippen LogP contribution in [-0.2, 0) is 14.3 Å². The van der Waals surface area contributed by atoms with Crippen LogP contribution in [0.15, 0.2) is 0 Å². The van der Waals surface area contributed by atoms with Gasteiger partial charge in [-0.15, -0.1) is 0 Å². The topological polar surface area (TPSA) is 107 Å². The van der Waals surface area contributed by atoms with E-state index >= 15 is 0 Å². The second-order valence-corrected chi connectivity index (χ2v) is 3.98. The Bertz CT molecular complexity index is 237. The third-order valence-electron chi connectivity index (χ3n) is 1.87. The number of amides is 2. The molecular weight excluding hydrogens is 198 g/mol. The number of rotatable bonds is 6. The molecular formula is C9H19N3O3. The monoisotopic (exact) mass is 217 g/mol. The van der Waals surface area contributed by atoms with E-state index in [2.05, 4.69) is 5.32 Å². The Morgan fingerprint density at radius 3 is 2.33 bits per heavy atom. The second kappa shape index (κ2) is 5.67. The molecule has 0 aromatic heterocycles. The molecule has 0 aromatic carbocycles. The van der Waals surface area contributed by atoms with Gasteiger partial charge < -0.3 is 21.5 Å². The van der Waals surface area contributed by atoms with Crippen molar-refractivity contribution in [3.8, 4) is 0 Å². The van der Waals surface area contributed by atoms with E-state index in [1.165, 1.54) is 7.11 Å². The highest BCUT2D eigenvalue weighted by Gasteiger charge is 2.26. The molecule has 0 aliphatic rings. The molecule has 5 N–H and O–H groups in total. The molecule has 0 bridgehead atoms. The molecule has 0 aliphatic heterocycles. The average Bonchev–Trinajstić information content (AvgIpc) is 2.02. The van der Waals surface area contributed by atoms with E-state index in [4.69, 9.17) is 16.2 Å². The number of carbonyl (C=O) groups excluding carboxylic acids is 2. The number of nitrogens with one attached hydrogen (secondary N) is 1. The second-order valence-electron chi connectivity index (χ2n) is 3.98. The molecule has 0 saturated carbocycles. The van der Waals surface area contributed by atoms with Crippen LogP contribution >= 0.6 is 0 Å². The van der Waals surface area contributed by atoms with Crippen molar-refractivity contribution >= 4 is 11.8 Å². The molecule has 0 saturated heterocycles. The van der Waals surface area contributed by atoms with Gasteiger partial charge in [0.25, 0.3) is 5.91 Å². The lowest BCUT2D eigenvalue weighted by Gasteiger charge is -2.26. The van der Waals surface area contributed by atoms with Crippen molar-refractivity contribution in [2.75, 3.05) is 13.7 Å². The summed E-state index contributed by atoms with van der Waals surface area (Å²) in [6, 6.07) is 0. The zero-order valence-electron chi connectivity index (χ0n) is 9.37. The molecule has 0 radical (unpaired) electrons. The Balaban J connectivity index is 4.31. The minimum atomic E-state index is -0.697. The summed E-state index contributed by atoms with van der Waals surface area (Å²) >= 11 is 0. The van der Waals surface area contributed by atoms with Gasteiger partial charge in [-0.05, 0) is 13.8 Å². The number of nitrogens with two attached hydrogens (primary N) is 2. The van der Waals surface area contributed by atoms with Crippen LogP contribution in [0.1, 0.15) is 20.3 Å². The van der Waals surface area contributed by atoms with Gasteiger partial charge in [0.2, 0.25) is 5.91 Å². The molecule has 0 aromatic rings. The van der Waals surface area contributed by atoms with Crippen LogP contribution in [0.25, 0.3) is 0 Å². The third kappa shape index (κ3) is 5.34. The molecule has 0 aliphatic carbocycles. The van der Waals surface area contributed by atoms with E-state index in [-0.39, 0.29) is 18.9 Å². The van der Waals surface area contributed by atoms with Crippen LogP contribution in [0.3, 0.4) is 0 Å². The summed E-state index contributed by atoms with van der Waals surface area (Å²) in [6.07, 6.45) is -0.628. The summed E-state index contributed by atoms with van der Waals surface area (Å²) in [5, 5.41) is 2.64. The maximum Gasteiger partial charge on any atom is 0.250 e. The molecule has 1 unspecified atom stereocenters. The molecule has 2 amide bonds. The summed E-state index contributed by atoms with van der Waals surface area (Å²) < 4.78 is 4.86. The fourth-order valence-corrected chi connectivity index (χ4v) is 1.20. The zero-order valence-corrected chi connectivity index (χ0v) is 9.37. The van der Waals surface area contributed by atoms with Crippen LogP contribution < -0.4 is 16.8 Å². The number of primary amides is 1. The predicted molar refractivity (Wildman–Crippen MR) is 55.9 cm³/mol. The Labute approximate surface area is 89.3 Å². The van der Waals surface area contributed by atoms with Gasteiger partial charge in [0, 0.05) is 25.6 Å². The van der Waals surface area contributed by atoms with Gasteiger partial charge in [-0.1, -0.05) is 0 Å². The molecule has 6 heteroatoms. The molecule has 0 fully saturated rings. The van der Waals surface area contributed by atoms with Crippen molar-refractivity contribution in [3.63, 3.8) is 0 Å². The number of methoxy groups -OCH3 is 1. The van der Waals surface area contributed by atoms with E-state index in [1.54, 1.807) is 13.8 Å². The highest BCUT2D eigenvalue weighted by atomic mass is 16.5. The standard InChI is InChI=1S/C9H19N3O3/c1-9(2,4-7(11)13)12-8(14)6(5-10)15-3/h6H,4-5,10H2,1-3H3,(H2,11,13)(H,12,14). The SMILES string of the molecule is COC(CN)C(=O)NC(C)(C)CC(N)=O. The van der Waals surface area contributed by atoms with Crippen molar-refractivity contribution in [2.45, 2.75) is 31.9 Å². The van der Waals surface area contributed by atoms with Crippen molar-refractivity contribution in [1.29, 1.82) is 0 Å². The predicted octanol–water partition coefficient (Wildman–Crippen LogP) is -1.27. The summed E-state index contributed by atoms with van der Waals surface area (Å²) in [4.78, 5) is 22.3. The molecule has 0 heterocycles. The van der Waals surface area contributed by atoms with E-state index in [0.717, 1.165) is 0 Å². The first-order chi connectivity index (χ1) is 6.82. The van der Waals surface area contributed by atoms with Crippen LogP contribution in [0.5, 0.6) is 0 Å². The Morgan fingerprint density at radius 1 is 1.47 bits per heavy atom. The molecule has 88 valence electrons. The first-order valence-electron chi connectivity index (χ1n) is 4.65. The maximum absolute atomic E-state index is 11.5. The first-order valence-corrected chi connectivity index (χ1v) is 4.65. The molecule has 0 spiro atoms. The summed E-state index contributed by atoms with van der Waals surface area (Å²) in [5.74, 6) is -0.812. The number of ether oxygens (including phenoxy) is 1. The lowest BCUT2D eigenvalue weighted by atomic mass is 10.00. The lowest BCUT2D eigenvalue weighted by Crippen LogP contribution is -2.51. The minimum Gasteiger partial charge on any atom is -0.370 e. The van der Waals surface area contributed by atoms with E-state index < -0.39 is 17.6 Å². The van der Waals surface area contributed by atoms with E-state index in [9.17, 15) is 9.59 Å². The molecule has 1 atom stereocenters. The van der Waals surface area contributed by atoms with Crippen molar-refractivity contribution in [2.24, 2.45) is 11.5 Å². The largest absolute Gasteiger partial charge is 0.370 e. The van der Waals surface area contributed by atoms with E-state index in [1.807, 2.05) is 0 Å². The van der Waals surface area contributed by atoms with Crippen molar-refractivity contribution in [1.82, 2.24) is 5.32 Å². The van der Waals surface area contributed by atoms with Crippen LogP contribution in [0.2, 0.25) is 0 Å². The van der Waals surface area contributed by atoms with Gasteiger partial charge in [-0.2, -0.15) is 0 Å². The maximum atomic E-state index is 11.5. The lowest BCUT2D eigenvalue weighted by molar-refractivity contribution is -0.132. The van der Waals surface area contributed by atoms with Crippen LogP contribution in [0, 0.1) is 0 Å². The molecule has 6 nitrogen and oxygen atoms in total. The third-order valence-corrected chi connectivity index (χ3v) is 1.87. The van der Waals surface area contributed by atoms with Gasteiger partial charge in [-0.25, -0.2) is 0 Å². The van der Waals surface area contributed by atoms with Gasteiger partial charge in [-0.3, -0.25) is 9.59 Å². The average molecular weight is 217 g/mol. The van der Waals surface area contributed by atoms with Crippen LogP contribution in [-0.4, -0.2) is 37.1 Å². The Kier molecular flexibility index (Phi) is 5.24. The fourth-order valence-electron chi connectivity index (χ4n) is 1.20. The molecule has 15 heavy (non-hydrogen) atoms. The zero-order chi connectivity index (χ0) is 12.1. The number of hydrogen-bond donors (Lipinski definition) is 3. The Morgan fingerprint density at radius 2 is 2.00 bits per heavy atom. The van der Waals surface area contributed by atoms with Crippen molar-refractivity contribution in [3.05, 3.63) is 0 Å². The van der Waals surface area contributed by atoms with E-state index in [0.29, 0.717) is 0 Å². The Hall–Kier alpha value is -1.14. The fraction of sp³-hybridized carbons (Fsp3) is 0.778. The summed E-state index contributed by atoms with van der Waals surface area (Å²) in [6.45, 7) is 3.51. The van der Waals surface area contributed by atoms with Gasteiger partial charge in [0.05, 0.1) is 0 Å². The highest BCUT2D eigenvalue weighted by Crippen LogP contribution is 2.07. The highest BCUT2D eigenvalue weighted by molar-refractivity contribution is 5.83.